The topological polar surface area (TPSA) is 109 Å². The summed E-state index contributed by atoms with van der Waals surface area (Å²) in [6.45, 7) is 3.31. The van der Waals surface area contributed by atoms with E-state index < -0.39 is 20.0 Å². The molecule has 0 fully saturated rings. The van der Waals surface area contributed by atoms with E-state index in [0.717, 1.165) is 0 Å². The number of rotatable bonds is 7. The number of benzene rings is 2. The van der Waals surface area contributed by atoms with E-state index in [1.807, 2.05) is 0 Å². The van der Waals surface area contributed by atoms with Gasteiger partial charge in [0.2, 0.25) is 10.0 Å². The third kappa shape index (κ3) is 4.65. The van der Waals surface area contributed by atoms with E-state index in [1.165, 1.54) is 55.5 Å². The van der Waals surface area contributed by atoms with Gasteiger partial charge in [0.05, 0.1) is 9.79 Å². The number of sulfonamides is 2. The van der Waals surface area contributed by atoms with Crippen LogP contribution in [0.4, 0.5) is 5.69 Å². The predicted octanol–water partition coefficient (Wildman–Crippen LogP) is 1.99. The molecule has 0 aromatic heterocycles. The molecule has 0 atom stereocenters. The molecule has 0 heterocycles. The van der Waals surface area contributed by atoms with Gasteiger partial charge in [0.25, 0.3) is 10.0 Å². The van der Waals surface area contributed by atoms with Crippen LogP contribution in [0, 0.1) is 0 Å². The highest BCUT2D eigenvalue weighted by Gasteiger charge is 2.16. The molecule has 0 spiro atoms. The average Bonchev–Trinajstić information content (AvgIpc) is 2.55. The van der Waals surface area contributed by atoms with Gasteiger partial charge in [-0.25, -0.2) is 21.6 Å². The lowest BCUT2D eigenvalue weighted by Crippen LogP contribution is -2.23. The number of ketones is 1. The summed E-state index contributed by atoms with van der Waals surface area (Å²) in [7, 11) is -7.44. The van der Waals surface area contributed by atoms with Crippen molar-refractivity contribution >= 4 is 31.5 Å². The van der Waals surface area contributed by atoms with Gasteiger partial charge in [0.15, 0.2) is 5.78 Å². The van der Waals surface area contributed by atoms with E-state index in [0.29, 0.717) is 5.56 Å². The third-order valence-corrected chi connectivity index (χ3v) is 6.28. The van der Waals surface area contributed by atoms with Crippen LogP contribution in [0.5, 0.6) is 0 Å². The maximum Gasteiger partial charge on any atom is 0.261 e. The SMILES string of the molecule is CCNS(=O)(=O)c1ccc(NS(=O)(=O)c2ccc(C(C)=O)cc2)cc1. The van der Waals surface area contributed by atoms with E-state index in [9.17, 15) is 21.6 Å². The number of Topliss-reactive ketones (excluding diaryl/α,β-unsaturated/α-hetero) is 1. The third-order valence-electron chi connectivity index (χ3n) is 3.32. The summed E-state index contributed by atoms with van der Waals surface area (Å²) in [5.41, 5.74) is 0.642. The highest BCUT2D eigenvalue weighted by molar-refractivity contribution is 7.92. The normalized spacial score (nSPS) is 11.9. The van der Waals surface area contributed by atoms with Crippen LogP contribution in [0.15, 0.2) is 58.3 Å². The second-order valence-electron chi connectivity index (χ2n) is 5.21. The van der Waals surface area contributed by atoms with Crippen molar-refractivity contribution in [3.63, 3.8) is 0 Å². The fourth-order valence-electron chi connectivity index (χ4n) is 2.06. The van der Waals surface area contributed by atoms with Crippen LogP contribution < -0.4 is 9.44 Å². The minimum absolute atomic E-state index is 0.00171. The molecular formula is C16H18N2O5S2. The number of hydrogen-bond donors (Lipinski definition) is 2. The smallest absolute Gasteiger partial charge is 0.261 e. The zero-order valence-corrected chi connectivity index (χ0v) is 15.3. The van der Waals surface area contributed by atoms with E-state index >= 15 is 0 Å². The Balaban J connectivity index is 2.22. The predicted molar refractivity (Wildman–Crippen MR) is 94.6 cm³/mol. The molecule has 134 valence electrons. The minimum Gasteiger partial charge on any atom is -0.295 e. The maximum absolute atomic E-state index is 12.3. The summed E-state index contributed by atoms with van der Waals surface area (Å²) in [4.78, 5) is 11.3. The molecule has 25 heavy (non-hydrogen) atoms. The summed E-state index contributed by atoms with van der Waals surface area (Å²) < 4.78 is 53.1. The zero-order valence-electron chi connectivity index (χ0n) is 13.7. The number of anilines is 1. The largest absolute Gasteiger partial charge is 0.295 e. The van der Waals surface area contributed by atoms with Gasteiger partial charge >= 0.3 is 0 Å². The van der Waals surface area contributed by atoms with Gasteiger partial charge in [-0.15, -0.1) is 0 Å². The molecule has 0 unspecified atom stereocenters. The number of carbonyl (C=O) groups excluding carboxylic acids is 1. The second-order valence-corrected chi connectivity index (χ2v) is 8.66. The fraction of sp³-hybridized carbons (Fsp3) is 0.188. The Labute approximate surface area is 147 Å². The molecule has 0 radical (unpaired) electrons. The van der Waals surface area contributed by atoms with Gasteiger partial charge in [-0.05, 0) is 43.3 Å². The molecule has 2 aromatic carbocycles. The molecule has 0 amide bonds. The molecular weight excluding hydrogens is 364 g/mol. The first-order valence-electron chi connectivity index (χ1n) is 7.39. The molecule has 9 heteroatoms. The average molecular weight is 382 g/mol. The molecule has 0 saturated carbocycles. The Hall–Kier alpha value is -2.23. The van der Waals surface area contributed by atoms with Crippen LogP contribution in [-0.2, 0) is 20.0 Å². The van der Waals surface area contributed by atoms with E-state index in [2.05, 4.69) is 9.44 Å². The van der Waals surface area contributed by atoms with Crippen molar-refractivity contribution in [2.45, 2.75) is 23.6 Å². The fourth-order valence-corrected chi connectivity index (χ4v) is 4.16. The lowest BCUT2D eigenvalue weighted by atomic mass is 10.2. The lowest BCUT2D eigenvalue weighted by Gasteiger charge is -2.10. The van der Waals surface area contributed by atoms with Crippen LogP contribution in [-0.4, -0.2) is 29.2 Å². The Morgan fingerprint density at radius 2 is 1.32 bits per heavy atom. The van der Waals surface area contributed by atoms with Crippen molar-refractivity contribution in [2.24, 2.45) is 0 Å². The molecule has 2 aromatic rings. The zero-order chi connectivity index (χ0) is 18.7. The second kappa shape index (κ2) is 7.34. The first-order chi connectivity index (χ1) is 11.7. The van der Waals surface area contributed by atoms with E-state index in [4.69, 9.17) is 0 Å². The highest BCUT2D eigenvalue weighted by atomic mass is 32.2. The van der Waals surface area contributed by atoms with E-state index in [1.54, 1.807) is 6.92 Å². The van der Waals surface area contributed by atoms with Crippen LogP contribution in [0.1, 0.15) is 24.2 Å². The van der Waals surface area contributed by atoms with Crippen molar-refractivity contribution in [1.82, 2.24) is 4.72 Å². The van der Waals surface area contributed by atoms with Gasteiger partial charge in [-0.2, -0.15) is 0 Å². The van der Waals surface area contributed by atoms with Crippen LogP contribution in [0.3, 0.4) is 0 Å². The molecule has 0 aliphatic rings. The van der Waals surface area contributed by atoms with Crippen molar-refractivity contribution in [3.05, 3.63) is 54.1 Å². The Morgan fingerprint density at radius 1 is 0.840 bits per heavy atom. The molecule has 2 rings (SSSR count). The molecule has 0 saturated heterocycles. The monoisotopic (exact) mass is 382 g/mol. The number of carbonyl (C=O) groups is 1. The Kier molecular flexibility index (Phi) is 5.61. The molecule has 0 aliphatic carbocycles. The molecule has 7 nitrogen and oxygen atoms in total. The van der Waals surface area contributed by atoms with Gasteiger partial charge in [-0.3, -0.25) is 9.52 Å². The van der Waals surface area contributed by atoms with Crippen LogP contribution in [0.25, 0.3) is 0 Å². The van der Waals surface area contributed by atoms with Gasteiger partial charge < -0.3 is 0 Å². The van der Waals surface area contributed by atoms with Gasteiger partial charge in [0, 0.05) is 17.8 Å². The first kappa shape index (κ1) is 19.1. The van der Waals surface area contributed by atoms with Crippen LogP contribution in [0.2, 0.25) is 0 Å². The number of nitrogens with one attached hydrogen (secondary N) is 2. The Bertz CT molecular complexity index is 964. The summed E-state index contributed by atoms with van der Waals surface area (Å²) in [5.74, 6) is -0.158. The molecule has 0 aliphatic heterocycles. The summed E-state index contributed by atoms with van der Waals surface area (Å²) >= 11 is 0. The van der Waals surface area contributed by atoms with E-state index in [-0.39, 0.29) is 27.8 Å². The van der Waals surface area contributed by atoms with Gasteiger partial charge in [-0.1, -0.05) is 19.1 Å². The number of hydrogen-bond acceptors (Lipinski definition) is 5. The van der Waals surface area contributed by atoms with Crippen molar-refractivity contribution in [2.75, 3.05) is 11.3 Å². The van der Waals surface area contributed by atoms with Gasteiger partial charge in [0.1, 0.15) is 0 Å². The standard InChI is InChI=1S/C16H18N2O5S2/c1-3-17-24(20,21)15-10-6-14(7-11-15)18-25(22,23)16-8-4-13(5-9-16)12(2)19/h4-11,17-18H,3H2,1-2H3. The highest BCUT2D eigenvalue weighted by Crippen LogP contribution is 2.19. The maximum atomic E-state index is 12.3. The minimum atomic E-state index is -3.84. The lowest BCUT2D eigenvalue weighted by molar-refractivity contribution is 0.101. The quantitative estimate of drug-likeness (QED) is 0.712. The summed E-state index contributed by atoms with van der Waals surface area (Å²) in [6, 6.07) is 10.9. The van der Waals surface area contributed by atoms with Crippen molar-refractivity contribution < 1.29 is 21.6 Å². The van der Waals surface area contributed by atoms with Crippen molar-refractivity contribution in [3.8, 4) is 0 Å². The molecule has 2 N–H and O–H groups in total. The molecule has 0 bridgehead atoms. The first-order valence-corrected chi connectivity index (χ1v) is 10.4. The van der Waals surface area contributed by atoms with Crippen molar-refractivity contribution in [1.29, 1.82) is 0 Å². The summed E-state index contributed by atoms with van der Waals surface area (Å²) in [5, 5.41) is 0. The Morgan fingerprint density at radius 3 is 1.80 bits per heavy atom. The van der Waals surface area contributed by atoms with Crippen LogP contribution >= 0.6 is 0 Å². The summed E-state index contributed by atoms with van der Waals surface area (Å²) in [6.07, 6.45) is 0.